The molecule has 4 nitrogen and oxygen atoms in total. The average molecular weight is 1320 g/mol. The fourth-order valence-electron chi connectivity index (χ4n) is 14.8. The number of aryl methyl sites for hydroxylation is 12. The molecule has 0 saturated carbocycles. The summed E-state index contributed by atoms with van der Waals surface area (Å²) < 4.78 is 49.6. The summed E-state index contributed by atoms with van der Waals surface area (Å²) in [5, 5.41) is 8.01. The van der Waals surface area contributed by atoms with Crippen LogP contribution in [-0.4, -0.2) is 0 Å². The quantitative estimate of drug-likeness (QED) is 0.0673. The van der Waals surface area contributed by atoms with Crippen LogP contribution in [0.5, 0.6) is 0 Å². The first-order valence-electron chi connectivity index (χ1n) is 33.2. The third-order valence-electron chi connectivity index (χ3n) is 19.6. The minimum atomic E-state index is -5.67. The van der Waals surface area contributed by atoms with Crippen LogP contribution in [0.4, 0.5) is 0 Å². The summed E-state index contributed by atoms with van der Waals surface area (Å²) in [4.78, 5) is 0. The standard InChI is InChI=1S/C87H90O4P4/c1-64-40-46-76(47-41-64)61-93(79-31-13-22-67(4)52-79,80-32-14-23-68(5)53-80,81-33-15-24-69(6)54-81)89-92(88,90-94(82-34-16-25-70(7)55-82,83-35-17-26-71(8)56-83,84-36-18-27-72(9)57-84)62-77-48-42-65(2)43-49-77)91-95(85-37-19-28-73(10)58-85,86-38-20-29-74(11)59-86,87-39-21-30-75(12)60-87)63-78-50-44-66(3)45-51-78/h13-60H,61-63H2,1-12H3. The molecule has 0 radical (unpaired) electrons. The Bertz CT molecular complexity index is 4030. The van der Waals surface area contributed by atoms with E-state index in [9.17, 15) is 12.9 Å². The molecule has 0 atom stereocenters. The van der Waals surface area contributed by atoms with Gasteiger partial charge in [-0.25, -0.2) is 0 Å². The fourth-order valence-corrected chi connectivity index (χ4v) is 40.3. The summed E-state index contributed by atoms with van der Waals surface area (Å²) in [7, 11) is -5.67. The molecule has 0 fully saturated rings. The molecule has 0 spiro atoms. The fraction of sp³-hybridized carbons (Fsp3) is 0.172. The molecular formula is C87H90O4P4. The maximum absolute atomic E-state index is 21.2. The van der Waals surface area contributed by atoms with Crippen molar-refractivity contribution >= 4 is 76.1 Å². The van der Waals surface area contributed by atoms with E-state index in [4.69, 9.17) is 0 Å². The van der Waals surface area contributed by atoms with Gasteiger partial charge in [-0.3, -0.25) is 0 Å². The Kier molecular flexibility index (Phi) is 18.5. The van der Waals surface area contributed by atoms with Crippen molar-refractivity contribution < 1.29 is 17.5 Å². The van der Waals surface area contributed by atoms with Crippen LogP contribution in [0.1, 0.15) is 83.5 Å². The summed E-state index contributed by atoms with van der Waals surface area (Å²) in [6.07, 6.45) is 0.832. The van der Waals surface area contributed by atoms with E-state index in [0.717, 1.165) is 131 Å². The van der Waals surface area contributed by atoms with E-state index in [2.05, 4.69) is 374 Å². The third kappa shape index (κ3) is 12.2. The molecular weight excluding hydrogens is 1230 g/mol. The first-order valence-corrected chi connectivity index (χ1v) is 41.6. The molecule has 12 aromatic carbocycles. The topological polar surface area (TPSA) is 44.8 Å². The Balaban J connectivity index is 1.42. The monoisotopic (exact) mass is 1320 g/mol. The maximum atomic E-state index is 21.2. The van der Waals surface area contributed by atoms with E-state index in [1.165, 1.54) is 0 Å². The van der Waals surface area contributed by atoms with E-state index in [0.29, 0.717) is 0 Å². The molecule has 0 bridgehead atoms. The number of rotatable bonds is 21. The van der Waals surface area contributed by atoms with Crippen LogP contribution in [0.25, 0.3) is 0 Å². The van der Waals surface area contributed by atoms with Gasteiger partial charge in [0.25, 0.3) is 0 Å². The van der Waals surface area contributed by atoms with Gasteiger partial charge in [0.15, 0.2) is 0 Å². The van der Waals surface area contributed by atoms with E-state index in [-0.39, 0.29) is 18.5 Å². The molecule has 0 aliphatic heterocycles. The van der Waals surface area contributed by atoms with E-state index < -0.39 is 28.3 Å². The van der Waals surface area contributed by atoms with E-state index in [1.807, 2.05) is 0 Å². The zero-order valence-electron chi connectivity index (χ0n) is 57.3. The molecule has 12 rings (SSSR count). The van der Waals surface area contributed by atoms with Gasteiger partial charge in [-0.1, -0.05) is 0 Å². The zero-order valence-corrected chi connectivity index (χ0v) is 60.8. The molecule has 0 heterocycles. The van der Waals surface area contributed by atoms with Gasteiger partial charge in [-0.15, -0.1) is 0 Å². The summed E-state index contributed by atoms with van der Waals surface area (Å²) >= 11 is 0. The zero-order chi connectivity index (χ0) is 66.9. The molecule has 12 aromatic rings. The Morgan fingerprint density at radius 3 is 0.495 bits per heavy atom. The van der Waals surface area contributed by atoms with Crippen molar-refractivity contribution in [3.05, 3.63) is 375 Å². The van der Waals surface area contributed by atoms with Gasteiger partial charge >= 0.3 is 570 Å². The summed E-state index contributed by atoms with van der Waals surface area (Å²) in [6.45, 7) is 10.3. The van der Waals surface area contributed by atoms with Gasteiger partial charge in [0.2, 0.25) is 0 Å². The van der Waals surface area contributed by atoms with Crippen molar-refractivity contribution in [3.8, 4) is 0 Å². The summed E-state index contributed by atoms with van der Waals surface area (Å²) in [6, 6.07) is 106. The molecule has 0 aromatic heterocycles. The second-order valence-electron chi connectivity index (χ2n) is 27.3. The predicted octanol–water partition coefficient (Wildman–Crippen LogP) is 19.8. The molecule has 0 N–H and O–H groups in total. The third-order valence-corrected chi connectivity index (χ3v) is 41.6. The van der Waals surface area contributed by atoms with E-state index in [1.54, 1.807) is 0 Å². The van der Waals surface area contributed by atoms with Crippen LogP contribution >= 0.6 is 28.3 Å². The summed E-state index contributed by atoms with van der Waals surface area (Å²) in [5.41, 5.74) is 15.6. The molecule has 0 aliphatic rings. The number of benzene rings is 12. The molecule has 0 saturated heterocycles. The van der Waals surface area contributed by atoms with Crippen LogP contribution in [0.3, 0.4) is 0 Å². The van der Waals surface area contributed by atoms with Crippen LogP contribution in [0.15, 0.2) is 291 Å². The van der Waals surface area contributed by atoms with Crippen molar-refractivity contribution in [2.24, 2.45) is 0 Å². The van der Waals surface area contributed by atoms with Gasteiger partial charge in [0.1, 0.15) is 0 Å². The number of phosphoric acid groups is 1. The second-order valence-corrected chi connectivity index (χ2v) is 43.0. The SMILES string of the molecule is Cc1ccc(CP(OP(=O)(OP(Cc2ccc(C)cc2)(c2cccc(C)c2)(c2cccc(C)c2)c2cccc(C)c2)OP(Cc2ccc(C)cc2)(c2cccc(C)c2)(c2cccc(C)c2)c2cccc(C)c2)(c2cccc(C)c2)(c2cccc(C)c2)c2cccc(C)c2)cc1. The van der Waals surface area contributed by atoms with Gasteiger partial charge in [-0.05, 0) is 0 Å². The van der Waals surface area contributed by atoms with Crippen LogP contribution < -0.4 is 47.7 Å². The van der Waals surface area contributed by atoms with Gasteiger partial charge in [0, 0.05) is 0 Å². The first-order chi connectivity index (χ1) is 45.5. The Labute approximate surface area is 566 Å². The van der Waals surface area contributed by atoms with Gasteiger partial charge < -0.3 is 0 Å². The van der Waals surface area contributed by atoms with Crippen molar-refractivity contribution in [1.82, 2.24) is 0 Å². The van der Waals surface area contributed by atoms with Crippen LogP contribution in [-0.2, 0) is 36.0 Å². The number of hydrogen-bond acceptors (Lipinski definition) is 4. The van der Waals surface area contributed by atoms with Crippen molar-refractivity contribution in [3.63, 3.8) is 0 Å². The molecule has 95 heavy (non-hydrogen) atoms. The average Bonchev–Trinajstić information content (AvgIpc) is 0.667. The molecule has 0 amide bonds. The normalized spacial score (nSPS) is 13.9. The molecule has 8 heteroatoms. The second kappa shape index (κ2) is 26.2. The van der Waals surface area contributed by atoms with Gasteiger partial charge in [0.05, 0.1) is 0 Å². The Hall–Kier alpha value is -7.96. The molecule has 0 aliphatic carbocycles. The van der Waals surface area contributed by atoms with E-state index >= 15 is 4.57 Å². The minimum absolute atomic E-state index is 0.277. The predicted molar refractivity (Wildman–Crippen MR) is 414 cm³/mol. The summed E-state index contributed by atoms with van der Waals surface area (Å²) in [5.74, 6) is 0. The van der Waals surface area contributed by atoms with Crippen molar-refractivity contribution in [1.29, 1.82) is 0 Å². The van der Waals surface area contributed by atoms with Crippen molar-refractivity contribution in [2.45, 2.75) is 102 Å². The molecule has 482 valence electrons. The number of hydrogen-bond donors (Lipinski definition) is 0. The van der Waals surface area contributed by atoms with Gasteiger partial charge in [-0.2, -0.15) is 0 Å². The Morgan fingerprint density at radius 2 is 0.358 bits per heavy atom. The first kappa shape index (κ1) is 67.0. The van der Waals surface area contributed by atoms with Crippen LogP contribution in [0.2, 0.25) is 0 Å². The molecule has 0 unspecified atom stereocenters. The van der Waals surface area contributed by atoms with Crippen LogP contribution in [0, 0.1) is 83.1 Å². The van der Waals surface area contributed by atoms with Crippen molar-refractivity contribution in [2.75, 3.05) is 0 Å². The Morgan fingerprint density at radius 1 is 0.211 bits per heavy atom.